The topological polar surface area (TPSA) is 81.4 Å². The van der Waals surface area contributed by atoms with Gasteiger partial charge in [0, 0.05) is 0 Å². The molecule has 0 spiro atoms. The third-order valence-electron chi connectivity index (χ3n) is 2.12. The van der Waals surface area contributed by atoms with Gasteiger partial charge in [-0.05, 0) is 19.1 Å². The van der Waals surface area contributed by atoms with E-state index in [1.54, 1.807) is 0 Å². The number of carbonyl (C=O) groups is 2. The second-order valence-electron chi connectivity index (χ2n) is 3.47. The number of amides is 2. The largest absolute Gasteiger partial charge is 0.434 e. The van der Waals surface area contributed by atoms with Crippen molar-refractivity contribution in [1.82, 2.24) is 5.32 Å². The predicted molar refractivity (Wildman–Crippen MR) is 59.2 cm³/mol. The summed E-state index contributed by atoms with van der Waals surface area (Å²) in [5, 5.41) is 2.27. The lowest BCUT2D eigenvalue weighted by Gasteiger charge is -2.13. The molecule has 0 bridgehead atoms. The van der Waals surface area contributed by atoms with Crippen molar-refractivity contribution in [3.8, 4) is 5.75 Å². The van der Waals surface area contributed by atoms with Crippen molar-refractivity contribution in [3.63, 3.8) is 0 Å². The number of ether oxygens (including phenoxy) is 1. The number of nitrogens with two attached hydrogens (primary N) is 1. The van der Waals surface area contributed by atoms with Gasteiger partial charge in [-0.15, -0.1) is 0 Å². The first-order valence-electron chi connectivity index (χ1n) is 5.06. The van der Waals surface area contributed by atoms with Gasteiger partial charge in [0.05, 0.1) is 5.56 Å². The fraction of sp³-hybridized carbons (Fsp3) is 0.273. The van der Waals surface area contributed by atoms with Crippen molar-refractivity contribution < 1.29 is 23.1 Å². The van der Waals surface area contributed by atoms with Gasteiger partial charge in [-0.3, -0.25) is 9.59 Å². The van der Waals surface area contributed by atoms with Crippen molar-refractivity contribution >= 4 is 11.8 Å². The van der Waals surface area contributed by atoms with E-state index in [2.05, 4.69) is 10.1 Å². The number of carbonyl (C=O) groups excluding carboxylic acids is 2. The summed E-state index contributed by atoms with van der Waals surface area (Å²) in [5.41, 5.74) is 4.88. The summed E-state index contributed by atoms with van der Waals surface area (Å²) in [5.74, 6) is -1.70. The van der Waals surface area contributed by atoms with Crippen LogP contribution < -0.4 is 15.8 Å². The van der Waals surface area contributed by atoms with Crippen LogP contribution in [-0.4, -0.2) is 24.5 Å². The quantitative estimate of drug-likeness (QED) is 0.823. The van der Waals surface area contributed by atoms with Gasteiger partial charge in [0.15, 0.2) is 0 Å². The molecule has 0 radical (unpaired) electrons. The molecular formula is C11H12F2N2O3. The fourth-order valence-electron chi connectivity index (χ4n) is 1.20. The zero-order valence-corrected chi connectivity index (χ0v) is 9.52. The smallest absolute Gasteiger partial charge is 0.387 e. The lowest BCUT2D eigenvalue weighted by molar-refractivity contribution is -0.119. The van der Waals surface area contributed by atoms with E-state index in [0.717, 1.165) is 0 Å². The molecule has 1 aromatic carbocycles. The van der Waals surface area contributed by atoms with E-state index >= 15 is 0 Å². The number of hydrogen-bond donors (Lipinski definition) is 2. The van der Waals surface area contributed by atoms with Crippen molar-refractivity contribution in [3.05, 3.63) is 29.8 Å². The molecule has 7 heteroatoms. The second-order valence-corrected chi connectivity index (χ2v) is 3.47. The molecule has 0 unspecified atom stereocenters. The fourth-order valence-corrected chi connectivity index (χ4v) is 1.20. The first-order valence-corrected chi connectivity index (χ1v) is 5.06. The molecule has 0 aliphatic heterocycles. The lowest BCUT2D eigenvalue weighted by Crippen LogP contribution is -2.42. The Morgan fingerprint density at radius 1 is 1.33 bits per heavy atom. The SMILES string of the molecule is C[C@@H](NC(=O)c1ccccc1OC(F)F)C(N)=O. The maximum atomic E-state index is 12.1. The summed E-state index contributed by atoms with van der Waals surface area (Å²) in [6.07, 6.45) is 0. The third-order valence-corrected chi connectivity index (χ3v) is 2.12. The van der Waals surface area contributed by atoms with Gasteiger partial charge in [-0.1, -0.05) is 12.1 Å². The van der Waals surface area contributed by atoms with Gasteiger partial charge < -0.3 is 15.8 Å². The maximum Gasteiger partial charge on any atom is 0.387 e. The first-order chi connectivity index (χ1) is 8.41. The van der Waals surface area contributed by atoms with Crippen LogP contribution in [0.5, 0.6) is 5.75 Å². The number of benzene rings is 1. The van der Waals surface area contributed by atoms with Crippen LogP contribution >= 0.6 is 0 Å². The molecule has 1 atom stereocenters. The van der Waals surface area contributed by atoms with Gasteiger partial charge in [0.2, 0.25) is 5.91 Å². The molecule has 0 fully saturated rings. The Bertz CT molecular complexity index is 452. The highest BCUT2D eigenvalue weighted by molar-refractivity contribution is 5.99. The van der Waals surface area contributed by atoms with E-state index in [-0.39, 0.29) is 11.3 Å². The van der Waals surface area contributed by atoms with Gasteiger partial charge in [-0.2, -0.15) is 8.78 Å². The van der Waals surface area contributed by atoms with Crippen LogP contribution in [0.25, 0.3) is 0 Å². The third kappa shape index (κ3) is 3.69. The Labute approximate surface area is 102 Å². The Balaban J connectivity index is 2.88. The van der Waals surface area contributed by atoms with E-state index in [1.165, 1.54) is 31.2 Å². The number of rotatable bonds is 5. The van der Waals surface area contributed by atoms with E-state index in [1.807, 2.05) is 0 Å². The van der Waals surface area contributed by atoms with Crippen LogP contribution in [0, 0.1) is 0 Å². The second kappa shape index (κ2) is 5.95. The molecule has 3 N–H and O–H groups in total. The lowest BCUT2D eigenvalue weighted by atomic mass is 10.1. The normalized spacial score (nSPS) is 12.0. The summed E-state index contributed by atoms with van der Waals surface area (Å²) in [6, 6.07) is 4.57. The molecule has 0 aliphatic carbocycles. The van der Waals surface area contributed by atoms with E-state index in [0.29, 0.717) is 0 Å². The highest BCUT2D eigenvalue weighted by Crippen LogP contribution is 2.20. The Morgan fingerprint density at radius 3 is 2.50 bits per heavy atom. The highest BCUT2D eigenvalue weighted by atomic mass is 19.3. The average Bonchev–Trinajstić information content (AvgIpc) is 2.28. The van der Waals surface area contributed by atoms with Crippen LogP contribution in [0.3, 0.4) is 0 Å². The number of para-hydroxylation sites is 1. The molecule has 5 nitrogen and oxygen atoms in total. The standard InChI is InChI=1S/C11H12F2N2O3/c1-6(9(14)16)15-10(17)7-4-2-3-5-8(7)18-11(12)13/h2-6,11H,1H3,(H2,14,16)(H,15,17)/t6-/m1/s1. The van der Waals surface area contributed by atoms with Gasteiger partial charge in [-0.25, -0.2) is 0 Å². The van der Waals surface area contributed by atoms with Gasteiger partial charge in [0.25, 0.3) is 5.91 Å². The molecule has 0 saturated heterocycles. The van der Waals surface area contributed by atoms with Crippen molar-refractivity contribution in [1.29, 1.82) is 0 Å². The Hall–Kier alpha value is -2.18. The molecule has 1 aromatic rings. The number of primary amides is 1. The molecule has 0 heterocycles. The highest BCUT2D eigenvalue weighted by Gasteiger charge is 2.18. The summed E-state index contributed by atoms with van der Waals surface area (Å²) in [7, 11) is 0. The Morgan fingerprint density at radius 2 is 1.94 bits per heavy atom. The summed E-state index contributed by atoms with van der Waals surface area (Å²) >= 11 is 0. The van der Waals surface area contributed by atoms with E-state index in [9.17, 15) is 18.4 Å². The van der Waals surface area contributed by atoms with Crippen LogP contribution in [-0.2, 0) is 4.79 Å². The number of hydrogen-bond acceptors (Lipinski definition) is 3. The van der Waals surface area contributed by atoms with Crippen molar-refractivity contribution in [2.45, 2.75) is 19.6 Å². The monoisotopic (exact) mass is 258 g/mol. The maximum absolute atomic E-state index is 12.1. The van der Waals surface area contributed by atoms with Gasteiger partial charge >= 0.3 is 6.61 Å². The predicted octanol–water partition coefficient (Wildman–Crippen LogP) is 0.892. The molecule has 18 heavy (non-hydrogen) atoms. The Kier molecular flexibility index (Phi) is 4.59. The molecule has 98 valence electrons. The van der Waals surface area contributed by atoms with Crippen molar-refractivity contribution in [2.24, 2.45) is 5.73 Å². The number of alkyl halides is 2. The molecule has 2 amide bonds. The van der Waals surface area contributed by atoms with Crippen LogP contribution in [0.1, 0.15) is 17.3 Å². The van der Waals surface area contributed by atoms with Crippen LogP contribution in [0.4, 0.5) is 8.78 Å². The minimum absolute atomic E-state index is 0.0918. The van der Waals surface area contributed by atoms with Gasteiger partial charge in [0.1, 0.15) is 11.8 Å². The molecule has 0 aromatic heterocycles. The minimum atomic E-state index is -3.03. The zero-order valence-electron chi connectivity index (χ0n) is 9.52. The zero-order chi connectivity index (χ0) is 13.7. The minimum Gasteiger partial charge on any atom is -0.434 e. The number of nitrogens with one attached hydrogen (secondary N) is 1. The average molecular weight is 258 g/mol. The molecular weight excluding hydrogens is 246 g/mol. The molecule has 1 rings (SSSR count). The molecule has 0 saturated carbocycles. The summed E-state index contributed by atoms with van der Waals surface area (Å²) in [6.45, 7) is -1.65. The number of halogens is 2. The van der Waals surface area contributed by atoms with Crippen molar-refractivity contribution in [2.75, 3.05) is 0 Å². The van der Waals surface area contributed by atoms with E-state index < -0.39 is 24.5 Å². The van der Waals surface area contributed by atoms with Crippen LogP contribution in [0.15, 0.2) is 24.3 Å². The van der Waals surface area contributed by atoms with Crippen LogP contribution in [0.2, 0.25) is 0 Å². The van der Waals surface area contributed by atoms with E-state index in [4.69, 9.17) is 5.73 Å². The summed E-state index contributed by atoms with van der Waals surface area (Å²) < 4.78 is 28.5. The summed E-state index contributed by atoms with van der Waals surface area (Å²) in [4.78, 5) is 22.5. The first kappa shape index (κ1) is 13.9. The molecule has 0 aliphatic rings.